The van der Waals surface area contributed by atoms with Crippen molar-refractivity contribution in [3.63, 3.8) is 0 Å². The van der Waals surface area contributed by atoms with E-state index in [0.717, 1.165) is 22.6 Å². The van der Waals surface area contributed by atoms with Crippen molar-refractivity contribution >= 4 is 17.7 Å². The highest BCUT2D eigenvalue weighted by Gasteiger charge is 2.18. The number of nitrogens with zero attached hydrogens (tertiary/aromatic N) is 3. The van der Waals surface area contributed by atoms with Crippen molar-refractivity contribution in [1.82, 2.24) is 20.1 Å². The molecule has 0 saturated carbocycles. The molecule has 0 radical (unpaired) electrons. The molecule has 8 heteroatoms. The lowest BCUT2D eigenvalue weighted by molar-refractivity contribution is -0.119. The molecule has 1 aromatic heterocycles. The number of methoxy groups -OCH3 is 1. The third-order valence-corrected chi connectivity index (χ3v) is 5.78. The number of halogens is 1. The zero-order chi connectivity index (χ0) is 22.3. The van der Waals surface area contributed by atoms with Crippen LogP contribution < -0.4 is 10.1 Å². The van der Waals surface area contributed by atoms with Gasteiger partial charge in [-0.2, -0.15) is 0 Å². The van der Waals surface area contributed by atoms with Crippen molar-refractivity contribution in [2.45, 2.75) is 11.2 Å². The van der Waals surface area contributed by atoms with Crippen molar-refractivity contribution in [3.05, 3.63) is 102 Å². The van der Waals surface area contributed by atoms with Gasteiger partial charge in [-0.05, 0) is 47.5 Å². The fourth-order valence-corrected chi connectivity index (χ4v) is 3.98. The summed E-state index contributed by atoms with van der Waals surface area (Å²) in [4.78, 5) is 12.8. The number of carbonyl (C=O) groups excluding carboxylic acids is 1. The highest BCUT2D eigenvalue weighted by molar-refractivity contribution is 7.99. The SMILES string of the molecule is COc1ccc(-n2cnnc2SCC(=O)NC(c2ccccc2)c2ccc(F)cc2)cc1. The maximum absolute atomic E-state index is 13.4. The molecule has 4 rings (SSSR count). The minimum absolute atomic E-state index is 0.152. The number of benzene rings is 3. The van der Waals surface area contributed by atoms with E-state index < -0.39 is 0 Å². The molecule has 0 aliphatic carbocycles. The standard InChI is InChI=1S/C24H21FN4O2S/c1-31-21-13-11-20(12-14-21)29-16-26-28-24(29)32-15-22(30)27-23(17-5-3-2-4-6-17)18-7-9-19(25)10-8-18/h2-14,16,23H,15H2,1H3,(H,27,30). The van der Waals surface area contributed by atoms with Gasteiger partial charge < -0.3 is 10.1 Å². The number of thioether (sulfide) groups is 1. The summed E-state index contributed by atoms with van der Waals surface area (Å²) >= 11 is 1.29. The molecule has 1 N–H and O–H groups in total. The first-order valence-electron chi connectivity index (χ1n) is 9.91. The average Bonchev–Trinajstić information content (AvgIpc) is 3.31. The first-order valence-corrected chi connectivity index (χ1v) is 10.9. The Morgan fingerprint density at radius 3 is 2.41 bits per heavy atom. The molecule has 0 aliphatic rings. The second-order valence-corrected chi connectivity index (χ2v) is 7.88. The van der Waals surface area contributed by atoms with Gasteiger partial charge in [-0.3, -0.25) is 9.36 Å². The van der Waals surface area contributed by atoms with Gasteiger partial charge in [0.05, 0.1) is 18.9 Å². The Balaban J connectivity index is 1.46. The number of aromatic nitrogens is 3. The van der Waals surface area contributed by atoms with E-state index in [-0.39, 0.29) is 23.5 Å². The lowest BCUT2D eigenvalue weighted by Gasteiger charge is -2.20. The molecule has 0 aliphatic heterocycles. The van der Waals surface area contributed by atoms with Gasteiger partial charge in [-0.1, -0.05) is 54.2 Å². The Morgan fingerprint density at radius 2 is 1.72 bits per heavy atom. The van der Waals surface area contributed by atoms with Crippen LogP contribution in [0.2, 0.25) is 0 Å². The molecule has 6 nitrogen and oxygen atoms in total. The van der Waals surface area contributed by atoms with Crippen LogP contribution in [0.4, 0.5) is 4.39 Å². The van der Waals surface area contributed by atoms with E-state index in [1.807, 2.05) is 59.2 Å². The molecule has 4 aromatic rings. The Labute approximate surface area is 189 Å². The van der Waals surface area contributed by atoms with Gasteiger partial charge in [0.25, 0.3) is 0 Å². The summed E-state index contributed by atoms with van der Waals surface area (Å²) in [6.45, 7) is 0. The highest BCUT2D eigenvalue weighted by atomic mass is 32.2. The molecular formula is C24H21FN4O2S. The van der Waals surface area contributed by atoms with Crippen LogP contribution in [0.5, 0.6) is 5.75 Å². The van der Waals surface area contributed by atoms with Gasteiger partial charge in [-0.25, -0.2) is 4.39 Å². The number of rotatable bonds is 8. The third-order valence-electron chi connectivity index (χ3n) is 4.84. The second-order valence-electron chi connectivity index (χ2n) is 6.93. The molecule has 0 fully saturated rings. The Morgan fingerprint density at radius 1 is 1.03 bits per heavy atom. The van der Waals surface area contributed by atoms with Crippen LogP contribution in [0.15, 0.2) is 90.3 Å². The Bertz CT molecular complexity index is 1160. The van der Waals surface area contributed by atoms with E-state index in [2.05, 4.69) is 15.5 Å². The van der Waals surface area contributed by atoms with Crippen LogP contribution in [0.25, 0.3) is 5.69 Å². The predicted molar refractivity (Wildman–Crippen MR) is 121 cm³/mol. The molecule has 162 valence electrons. The third kappa shape index (κ3) is 5.15. The van der Waals surface area contributed by atoms with Gasteiger partial charge >= 0.3 is 0 Å². The molecule has 1 amide bonds. The lowest BCUT2D eigenvalue weighted by Crippen LogP contribution is -2.30. The van der Waals surface area contributed by atoms with Crippen molar-refractivity contribution in [3.8, 4) is 11.4 Å². The van der Waals surface area contributed by atoms with Crippen LogP contribution in [0.1, 0.15) is 17.2 Å². The number of hydrogen-bond donors (Lipinski definition) is 1. The Hall–Kier alpha value is -3.65. The topological polar surface area (TPSA) is 69.0 Å². The van der Waals surface area contributed by atoms with Crippen molar-refractivity contribution in [1.29, 1.82) is 0 Å². The molecule has 0 spiro atoms. The van der Waals surface area contributed by atoms with Gasteiger partial charge in [0.2, 0.25) is 5.91 Å². The number of amides is 1. The van der Waals surface area contributed by atoms with E-state index in [9.17, 15) is 9.18 Å². The molecule has 32 heavy (non-hydrogen) atoms. The van der Waals surface area contributed by atoms with E-state index in [0.29, 0.717) is 5.16 Å². The summed E-state index contributed by atoms with van der Waals surface area (Å²) in [5.41, 5.74) is 2.59. The van der Waals surface area contributed by atoms with Crippen molar-refractivity contribution in [2.75, 3.05) is 12.9 Å². The maximum Gasteiger partial charge on any atom is 0.231 e. The van der Waals surface area contributed by atoms with Gasteiger partial charge in [-0.15, -0.1) is 10.2 Å². The van der Waals surface area contributed by atoms with E-state index in [4.69, 9.17) is 4.74 Å². The van der Waals surface area contributed by atoms with E-state index >= 15 is 0 Å². The molecule has 1 heterocycles. The molecule has 0 bridgehead atoms. The summed E-state index contributed by atoms with van der Waals surface area (Å²) < 4.78 is 20.4. The number of nitrogens with one attached hydrogen (secondary N) is 1. The summed E-state index contributed by atoms with van der Waals surface area (Å²) in [5.74, 6) is 0.417. The normalized spacial score (nSPS) is 11.7. The number of carbonyl (C=O) groups is 1. The van der Waals surface area contributed by atoms with E-state index in [1.54, 1.807) is 25.6 Å². The number of hydrogen-bond acceptors (Lipinski definition) is 5. The minimum Gasteiger partial charge on any atom is -0.497 e. The van der Waals surface area contributed by atoms with Crippen molar-refractivity contribution in [2.24, 2.45) is 0 Å². The van der Waals surface area contributed by atoms with Crippen LogP contribution in [-0.4, -0.2) is 33.5 Å². The van der Waals surface area contributed by atoms with Crippen LogP contribution >= 0.6 is 11.8 Å². The average molecular weight is 449 g/mol. The first-order chi connectivity index (χ1) is 15.6. The fourth-order valence-electron chi connectivity index (χ4n) is 3.24. The highest BCUT2D eigenvalue weighted by Crippen LogP contribution is 2.24. The summed E-state index contributed by atoms with van der Waals surface area (Å²) in [7, 11) is 1.61. The Kier molecular flexibility index (Phi) is 6.81. The van der Waals surface area contributed by atoms with Gasteiger partial charge in [0.1, 0.15) is 17.9 Å². The zero-order valence-electron chi connectivity index (χ0n) is 17.3. The first kappa shape index (κ1) is 21.6. The molecule has 1 unspecified atom stereocenters. The minimum atomic E-state index is -0.385. The summed E-state index contributed by atoms with van der Waals surface area (Å²) in [6, 6.07) is 22.8. The van der Waals surface area contributed by atoms with Crippen LogP contribution in [-0.2, 0) is 4.79 Å². The van der Waals surface area contributed by atoms with Crippen LogP contribution in [0.3, 0.4) is 0 Å². The lowest BCUT2D eigenvalue weighted by atomic mass is 9.98. The number of ether oxygens (including phenoxy) is 1. The quantitative estimate of drug-likeness (QED) is 0.404. The fraction of sp³-hybridized carbons (Fsp3) is 0.125. The van der Waals surface area contributed by atoms with Gasteiger partial charge in [0, 0.05) is 5.69 Å². The molecular weight excluding hydrogens is 427 g/mol. The van der Waals surface area contributed by atoms with E-state index in [1.165, 1.54) is 23.9 Å². The summed E-state index contributed by atoms with van der Waals surface area (Å²) in [5, 5.41) is 11.8. The van der Waals surface area contributed by atoms with Crippen molar-refractivity contribution < 1.29 is 13.9 Å². The smallest absolute Gasteiger partial charge is 0.231 e. The monoisotopic (exact) mass is 448 g/mol. The molecule has 3 aromatic carbocycles. The molecule has 1 atom stereocenters. The second kappa shape index (κ2) is 10.1. The van der Waals surface area contributed by atoms with Crippen LogP contribution in [0, 0.1) is 5.82 Å². The predicted octanol–water partition coefficient (Wildman–Crippen LogP) is 4.41. The zero-order valence-corrected chi connectivity index (χ0v) is 18.1. The largest absolute Gasteiger partial charge is 0.497 e. The van der Waals surface area contributed by atoms with Gasteiger partial charge in [0.15, 0.2) is 5.16 Å². The summed E-state index contributed by atoms with van der Waals surface area (Å²) in [6.07, 6.45) is 1.60. The molecule has 0 saturated heterocycles. The maximum atomic E-state index is 13.4.